The van der Waals surface area contributed by atoms with Crippen molar-refractivity contribution in [3.05, 3.63) is 48.2 Å². The summed E-state index contributed by atoms with van der Waals surface area (Å²) in [6, 6.07) is 8.19. The quantitative estimate of drug-likeness (QED) is 0.240. The predicted molar refractivity (Wildman–Crippen MR) is 153 cm³/mol. The lowest BCUT2D eigenvalue weighted by molar-refractivity contribution is -0.136. The first-order valence-corrected chi connectivity index (χ1v) is 13.8. The van der Waals surface area contributed by atoms with Crippen LogP contribution < -0.4 is 14.2 Å². The number of likely N-dealkylation sites (tertiary alicyclic amines) is 1. The Bertz CT molecular complexity index is 1550. The van der Waals surface area contributed by atoms with Gasteiger partial charge in [-0.3, -0.25) is 4.79 Å². The third-order valence-corrected chi connectivity index (χ3v) is 7.44. The van der Waals surface area contributed by atoms with Gasteiger partial charge in [-0.15, -0.1) is 0 Å². The molecule has 3 N–H and O–H groups in total. The molecule has 0 bridgehead atoms. The van der Waals surface area contributed by atoms with Gasteiger partial charge in [-0.25, -0.2) is 14.4 Å². The van der Waals surface area contributed by atoms with Gasteiger partial charge in [0.05, 0.1) is 42.7 Å². The number of benzene rings is 2. The number of aliphatic hydroxyl groups is 2. The van der Waals surface area contributed by atoms with Crippen molar-refractivity contribution in [1.82, 2.24) is 19.9 Å². The van der Waals surface area contributed by atoms with E-state index in [0.29, 0.717) is 46.4 Å². The molecule has 12 heteroatoms. The lowest BCUT2D eigenvalue weighted by atomic mass is 10.0. The number of nitrogens with one attached hydrogen (secondary N) is 1. The molecule has 2 aromatic heterocycles. The van der Waals surface area contributed by atoms with E-state index in [-0.39, 0.29) is 43.1 Å². The van der Waals surface area contributed by atoms with E-state index in [4.69, 9.17) is 18.9 Å². The number of carbonyl (C=O) groups is 1. The first-order chi connectivity index (χ1) is 20.2. The molecular formula is C30H35FN4O7. The minimum Gasteiger partial charge on any atom is -0.493 e. The molecule has 0 spiro atoms. The number of hydrogen-bond acceptors (Lipinski definition) is 9. The zero-order valence-corrected chi connectivity index (χ0v) is 23.8. The van der Waals surface area contributed by atoms with Gasteiger partial charge < -0.3 is 39.0 Å². The normalized spacial score (nSPS) is 15.6. The fourth-order valence-corrected chi connectivity index (χ4v) is 5.19. The van der Waals surface area contributed by atoms with Gasteiger partial charge in [-0.2, -0.15) is 0 Å². The van der Waals surface area contributed by atoms with Crippen LogP contribution in [0.1, 0.15) is 31.4 Å². The summed E-state index contributed by atoms with van der Waals surface area (Å²) in [5, 5.41) is 21.8. The molecule has 4 aromatic rings. The summed E-state index contributed by atoms with van der Waals surface area (Å²) in [6.45, 7) is 2.87. The van der Waals surface area contributed by atoms with E-state index in [1.807, 2.05) is 6.92 Å². The van der Waals surface area contributed by atoms with E-state index < -0.39 is 18.0 Å². The Morgan fingerprint density at radius 2 is 1.86 bits per heavy atom. The van der Waals surface area contributed by atoms with E-state index in [0.717, 1.165) is 18.5 Å². The topological polar surface area (TPSA) is 139 Å². The van der Waals surface area contributed by atoms with Gasteiger partial charge in [0.25, 0.3) is 0 Å². The first kappa shape index (κ1) is 29.5. The number of aryl methyl sites for hydroxylation is 1. The standard InChI is InChI=1S/C30H35FN4O7/c1-17-10-21-23(34-17)4-5-25(29(21)31)42-30-22-13-26(40-3)27(14-24(22)32-16-33-30)41-15-19(37)11-18(36)12-28(38)35-8-6-20(39-2)7-9-35/h4-5,10,13-14,16,18-20,34,36-37H,6-9,11-12,15H2,1-3H3. The minimum atomic E-state index is -1.04. The van der Waals surface area contributed by atoms with E-state index in [1.165, 1.54) is 19.5 Å². The van der Waals surface area contributed by atoms with Crippen molar-refractivity contribution in [2.75, 3.05) is 33.9 Å². The number of aromatic nitrogens is 3. The summed E-state index contributed by atoms with van der Waals surface area (Å²) in [5.41, 5.74) is 1.95. The van der Waals surface area contributed by atoms with Crippen LogP contribution in [0.2, 0.25) is 0 Å². The fourth-order valence-electron chi connectivity index (χ4n) is 5.19. The van der Waals surface area contributed by atoms with E-state index in [1.54, 1.807) is 36.3 Å². The Morgan fingerprint density at radius 3 is 2.60 bits per heavy atom. The van der Waals surface area contributed by atoms with Gasteiger partial charge in [0.15, 0.2) is 23.1 Å². The van der Waals surface area contributed by atoms with Crippen molar-refractivity contribution in [2.24, 2.45) is 0 Å². The number of methoxy groups -OCH3 is 2. The highest BCUT2D eigenvalue weighted by Gasteiger charge is 2.25. The number of piperidine rings is 1. The zero-order chi connectivity index (χ0) is 29.8. The number of nitrogens with zero attached hydrogens (tertiary/aromatic N) is 3. The second kappa shape index (κ2) is 12.9. The Balaban J connectivity index is 1.22. The van der Waals surface area contributed by atoms with Crippen LogP contribution in [0.3, 0.4) is 0 Å². The summed E-state index contributed by atoms with van der Waals surface area (Å²) >= 11 is 0. The fraction of sp³-hybridized carbons (Fsp3) is 0.433. The Morgan fingerprint density at radius 1 is 1.07 bits per heavy atom. The first-order valence-electron chi connectivity index (χ1n) is 13.8. The highest BCUT2D eigenvalue weighted by Crippen LogP contribution is 2.37. The number of H-pyrrole nitrogens is 1. The summed E-state index contributed by atoms with van der Waals surface area (Å²) in [5.74, 6) is 0.110. The monoisotopic (exact) mass is 582 g/mol. The molecule has 42 heavy (non-hydrogen) atoms. The van der Waals surface area contributed by atoms with Gasteiger partial charge in [-0.05, 0) is 44.0 Å². The molecule has 1 fully saturated rings. The molecule has 2 aromatic carbocycles. The number of halogens is 1. The number of amides is 1. The molecule has 1 amide bonds. The molecule has 0 aliphatic carbocycles. The molecule has 1 saturated heterocycles. The molecule has 1 aliphatic rings. The summed E-state index contributed by atoms with van der Waals surface area (Å²) in [6.07, 6.45) is 0.816. The van der Waals surface area contributed by atoms with Crippen LogP contribution in [0.4, 0.5) is 4.39 Å². The van der Waals surface area contributed by atoms with Crippen molar-refractivity contribution in [1.29, 1.82) is 0 Å². The molecule has 2 unspecified atom stereocenters. The van der Waals surface area contributed by atoms with Crippen LogP contribution in [0.15, 0.2) is 36.7 Å². The zero-order valence-electron chi connectivity index (χ0n) is 23.8. The third kappa shape index (κ3) is 6.56. The number of hydrogen-bond donors (Lipinski definition) is 3. The Labute approximate surface area is 242 Å². The van der Waals surface area contributed by atoms with Gasteiger partial charge in [0.2, 0.25) is 11.8 Å². The predicted octanol–water partition coefficient (Wildman–Crippen LogP) is 3.88. The molecular weight excluding hydrogens is 547 g/mol. The molecule has 2 atom stereocenters. The van der Waals surface area contributed by atoms with Gasteiger partial charge in [0, 0.05) is 49.3 Å². The van der Waals surface area contributed by atoms with Crippen LogP contribution >= 0.6 is 0 Å². The number of ether oxygens (including phenoxy) is 4. The molecule has 0 radical (unpaired) electrons. The van der Waals surface area contributed by atoms with Crippen molar-refractivity contribution in [2.45, 2.75) is 50.9 Å². The molecule has 3 heterocycles. The minimum absolute atomic E-state index is 0.0143. The summed E-state index contributed by atoms with van der Waals surface area (Å²) < 4.78 is 37.6. The molecule has 224 valence electrons. The second-order valence-electron chi connectivity index (χ2n) is 10.5. The van der Waals surface area contributed by atoms with Crippen molar-refractivity contribution in [3.8, 4) is 23.1 Å². The van der Waals surface area contributed by atoms with Crippen molar-refractivity contribution >= 4 is 27.7 Å². The average molecular weight is 583 g/mol. The van der Waals surface area contributed by atoms with Crippen LogP contribution in [0, 0.1) is 12.7 Å². The smallest absolute Gasteiger partial charge is 0.230 e. The summed E-state index contributed by atoms with van der Waals surface area (Å²) in [4.78, 5) is 25.8. The highest BCUT2D eigenvalue weighted by atomic mass is 19.1. The average Bonchev–Trinajstić information content (AvgIpc) is 3.38. The highest BCUT2D eigenvalue weighted by molar-refractivity contribution is 5.87. The maximum atomic E-state index is 15.1. The Hall–Kier alpha value is -4.00. The second-order valence-corrected chi connectivity index (χ2v) is 10.5. The number of fused-ring (bicyclic) bond motifs is 2. The van der Waals surface area contributed by atoms with E-state index in [2.05, 4.69) is 15.0 Å². The van der Waals surface area contributed by atoms with Crippen LogP contribution in [0.5, 0.6) is 23.1 Å². The number of aliphatic hydroxyl groups excluding tert-OH is 2. The number of carbonyl (C=O) groups excluding carboxylic acids is 1. The van der Waals surface area contributed by atoms with Gasteiger partial charge in [0.1, 0.15) is 12.9 Å². The molecule has 11 nitrogen and oxygen atoms in total. The Kier molecular flexibility index (Phi) is 9.05. The number of rotatable bonds is 11. The SMILES string of the molecule is COc1cc2c(Oc3ccc4[nH]c(C)cc4c3F)ncnc2cc1OCC(O)CC(O)CC(=O)N1CCC(OC)CC1. The van der Waals surface area contributed by atoms with E-state index in [9.17, 15) is 15.0 Å². The van der Waals surface area contributed by atoms with Crippen LogP contribution in [-0.2, 0) is 9.53 Å². The summed E-state index contributed by atoms with van der Waals surface area (Å²) in [7, 11) is 3.12. The van der Waals surface area contributed by atoms with Gasteiger partial charge >= 0.3 is 0 Å². The lowest BCUT2D eigenvalue weighted by Crippen LogP contribution is -2.42. The molecule has 0 saturated carbocycles. The van der Waals surface area contributed by atoms with E-state index >= 15 is 4.39 Å². The third-order valence-electron chi connectivity index (χ3n) is 7.44. The maximum absolute atomic E-state index is 15.1. The number of aromatic amines is 1. The van der Waals surface area contributed by atoms with Gasteiger partial charge in [-0.1, -0.05) is 0 Å². The lowest BCUT2D eigenvalue weighted by Gasteiger charge is -2.32. The van der Waals surface area contributed by atoms with Crippen LogP contribution in [0.25, 0.3) is 21.8 Å². The molecule has 1 aliphatic heterocycles. The van der Waals surface area contributed by atoms with Crippen molar-refractivity contribution in [3.63, 3.8) is 0 Å². The van der Waals surface area contributed by atoms with Crippen LogP contribution in [-0.4, -0.2) is 88.2 Å². The maximum Gasteiger partial charge on any atom is 0.230 e. The molecule has 5 rings (SSSR count). The largest absolute Gasteiger partial charge is 0.493 e. The van der Waals surface area contributed by atoms with Crippen molar-refractivity contribution < 1.29 is 38.3 Å².